The molecule has 9 nitrogen and oxygen atoms in total. The number of hydrogen-bond acceptors (Lipinski definition) is 8. The Labute approximate surface area is 222 Å². The van der Waals surface area contributed by atoms with E-state index in [-0.39, 0.29) is 24.2 Å². The van der Waals surface area contributed by atoms with Crippen LogP contribution in [0.1, 0.15) is 59.3 Å². The molecule has 5 unspecified atom stereocenters. The lowest BCUT2D eigenvalue weighted by molar-refractivity contribution is -0.132. The number of aliphatic imine (C=N–C) groups is 1. The SMILES string of the molecule is CCC/C(C)=C\C(/N=C\C(F)CC)C(C(=O)NC1CNCCC1O[C@H]1CCCN(C2COC2)C1)C(N)N. The lowest BCUT2D eigenvalue weighted by Crippen LogP contribution is -2.60. The maximum atomic E-state index is 14.0. The van der Waals surface area contributed by atoms with Crippen molar-refractivity contribution in [3.63, 3.8) is 0 Å². The predicted molar refractivity (Wildman–Crippen MR) is 145 cm³/mol. The molecule has 212 valence electrons. The number of nitrogens with two attached hydrogens (primary N) is 2. The lowest BCUT2D eigenvalue weighted by Gasteiger charge is -2.43. The summed E-state index contributed by atoms with van der Waals surface area (Å²) in [5, 5.41) is 6.54. The first-order valence-corrected chi connectivity index (χ1v) is 14.2. The van der Waals surface area contributed by atoms with Crippen LogP contribution in [0.25, 0.3) is 0 Å². The highest BCUT2D eigenvalue weighted by molar-refractivity contribution is 5.81. The molecule has 0 aromatic rings. The Balaban J connectivity index is 1.69. The molecule has 3 fully saturated rings. The maximum Gasteiger partial charge on any atom is 0.228 e. The molecule has 0 saturated carbocycles. The molecule has 3 rings (SSSR count). The molecule has 0 spiro atoms. The Morgan fingerprint density at radius 1 is 1.32 bits per heavy atom. The van der Waals surface area contributed by atoms with E-state index in [1.165, 1.54) is 6.21 Å². The van der Waals surface area contributed by atoms with Gasteiger partial charge >= 0.3 is 0 Å². The molecule has 3 saturated heterocycles. The van der Waals surface area contributed by atoms with Crippen LogP contribution in [-0.2, 0) is 14.3 Å². The second kappa shape index (κ2) is 15.2. The van der Waals surface area contributed by atoms with Crippen LogP contribution in [0.2, 0.25) is 0 Å². The average molecular weight is 525 g/mol. The van der Waals surface area contributed by atoms with Crippen molar-refractivity contribution in [3.8, 4) is 0 Å². The van der Waals surface area contributed by atoms with E-state index in [0.717, 1.165) is 70.5 Å². The van der Waals surface area contributed by atoms with E-state index in [1.807, 2.05) is 13.0 Å². The fourth-order valence-electron chi connectivity index (χ4n) is 5.37. The second-order valence-electron chi connectivity index (χ2n) is 10.8. The Hall–Kier alpha value is -1.43. The van der Waals surface area contributed by atoms with Gasteiger partial charge in [0.2, 0.25) is 5.91 Å². The van der Waals surface area contributed by atoms with E-state index in [4.69, 9.17) is 20.9 Å². The zero-order valence-corrected chi connectivity index (χ0v) is 22.9. The molecule has 0 radical (unpaired) electrons. The van der Waals surface area contributed by atoms with Gasteiger partial charge in [0.05, 0.1) is 55.6 Å². The molecule has 6 atom stereocenters. The molecule has 0 aromatic heterocycles. The largest absolute Gasteiger partial charge is 0.378 e. The average Bonchev–Trinajstić information content (AvgIpc) is 2.82. The van der Waals surface area contributed by atoms with Gasteiger partial charge in [0.15, 0.2) is 0 Å². The smallest absolute Gasteiger partial charge is 0.228 e. The van der Waals surface area contributed by atoms with E-state index in [9.17, 15) is 9.18 Å². The van der Waals surface area contributed by atoms with Crippen molar-refractivity contribution in [1.29, 1.82) is 0 Å². The molecule has 0 bridgehead atoms. The monoisotopic (exact) mass is 524 g/mol. The van der Waals surface area contributed by atoms with Crippen LogP contribution in [0.5, 0.6) is 0 Å². The number of halogens is 1. The number of carbonyl (C=O) groups excluding carboxylic acids is 1. The number of carbonyl (C=O) groups is 1. The summed E-state index contributed by atoms with van der Waals surface area (Å²) in [6.07, 6.45) is 6.17. The number of amides is 1. The fourth-order valence-corrected chi connectivity index (χ4v) is 5.37. The topological polar surface area (TPSA) is 127 Å². The molecule has 0 aliphatic carbocycles. The van der Waals surface area contributed by atoms with Crippen molar-refractivity contribution in [2.75, 3.05) is 39.4 Å². The van der Waals surface area contributed by atoms with Gasteiger partial charge in [-0.15, -0.1) is 0 Å². The molecular formula is C27H49FN6O3. The Kier molecular flexibility index (Phi) is 12.4. The standard InChI is InChI=1S/C27H49FN6O3/c1-4-7-18(3)12-22(32-13-19(28)5-2)25(26(29)30)27(35)33-23-14-31-10-9-24(23)37-21-8-6-11-34(15-21)20-16-36-17-20/h12-13,19-26,31H,4-11,14-17,29-30H2,1-3H3,(H,33,35)/b18-12-,32-13-/t19?,21-,22?,23?,24?,25?/m0/s1. The number of likely N-dealkylation sites (tertiary alicyclic amines) is 1. The summed E-state index contributed by atoms with van der Waals surface area (Å²) in [5.41, 5.74) is 13.3. The summed E-state index contributed by atoms with van der Waals surface area (Å²) in [6.45, 7) is 10.9. The van der Waals surface area contributed by atoms with Gasteiger partial charge in [0, 0.05) is 19.3 Å². The fraction of sp³-hybridized carbons (Fsp3) is 0.852. The molecule has 1 amide bonds. The van der Waals surface area contributed by atoms with E-state index in [1.54, 1.807) is 6.92 Å². The van der Waals surface area contributed by atoms with Crippen LogP contribution in [0.15, 0.2) is 16.6 Å². The number of nitrogens with one attached hydrogen (secondary N) is 2. The zero-order valence-electron chi connectivity index (χ0n) is 22.9. The third-order valence-corrected chi connectivity index (χ3v) is 7.65. The van der Waals surface area contributed by atoms with Gasteiger partial charge in [-0.1, -0.05) is 31.9 Å². The third-order valence-electron chi connectivity index (χ3n) is 7.65. The summed E-state index contributed by atoms with van der Waals surface area (Å²) in [4.78, 5) is 20.5. The number of hydrogen-bond donors (Lipinski definition) is 4. The van der Waals surface area contributed by atoms with E-state index in [0.29, 0.717) is 19.0 Å². The van der Waals surface area contributed by atoms with E-state index >= 15 is 0 Å². The van der Waals surface area contributed by atoms with Gasteiger partial charge in [-0.2, -0.15) is 0 Å². The Morgan fingerprint density at radius 2 is 2.11 bits per heavy atom. The Bertz CT molecular complexity index is 762. The van der Waals surface area contributed by atoms with Crippen molar-refractivity contribution in [1.82, 2.24) is 15.5 Å². The van der Waals surface area contributed by atoms with Crippen LogP contribution < -0.4 is 22.1 Å². The molecule has 10 heteroatoms. The van der Waals surface area contributed by atoms with Gasteiger partial charge in [-0.3, -0.25) is 14.7 Å². The molecular weight excluding hydrogens is 475 g/mol. The third kappa shape index (κ3) is 9.07. The number of nitrogens with zero attached hydrogens (tertiary/aromatic N) is 2. The summed E-state index contributed by atoms with van der Waals surface area (Å²) in [6, 6.07) is -0.344. The summed E-state index contributed by atoms with van der Waals surface area (Å²) in [7, 11) is 0. The van der Waals surface area contributed by atoms with Crippen molar-refractivity contribution < 1.29 is 18.7 Å². The van der Waals surface area contributed by atoms with Crippen molar-refractivity contribution in [2.45, 2.75) is 102 Å². The maximum absolute atomic E-state index is 14.0. The second-order valence-corrected chi connectivity index (χ2v) is 10.8. The van der Waals surface area contributed by atoms with E-state index < -0.39 is 24.3 Å². The predicted octanol–water partition coefficient (Wildman–Crippen LogP) is 1.51. The van der Waals surface area contributed by atoms with Crippen LogP contribution in [0.4, 0.5) is 4.39 Å². The molecule has 0 aromatic carbocycles. The molecule has 3 aliphatic heterocycles. The summed E-state index contributed by atoms with van der Waals surface area (Å²) < 4.78 is 26.0. The molecule has 3 heterocycles. The minimum absolute atomic E-state index is 0.0999. The molecule has 6 N–H and O–H groups in total. The number of piperidine rings is 2. The normalized spacial score (nSPS) is 28.7. The summed E-state index contributed by atoms with van der Waals surface area (Å²) >= 11 is 0. The minimum Gasteiger partial charge on any atom is -0.378 e. The zero-order chi connectivity index (χ0) is 26.8. The van der Waals surface area contributed by atoms with Crippen molar-refractivity contribution in [2.24, 2.45) is 22.4 Å². The van der Waals surface area contributed by atoms with E-state index in [2.05, 4.69) is 27.4 Å². The van der Waals surface area contributed by atoms with Crippen LogP contribution in [0, 0.1) is 5.92 Å². The van der Waals surface area contributed by atoms with Gasteiger partial charge in [-0.05, 0) is 52.1 Å². The van der Waals surface area contributed by atoms with Gasteiger partial charge in [0.25, 0.3) is 0 Å². The highest BCUT2D eigenvalue weighted by Gasteiger charge is 2.37. The van der Waals surface area contributed by atoms with Crippen LogP contribution in [0.3, 0.4) is 0 Å². The molecule has 37 heavy (non-hydrogen) atoms. The lowest BCUT2D eigenvalue weighted by atomic mass is 9.92. The van der Waals surface area contributed by atoms with Crippen LogP contribution in [-0.4, -0.2) is 99.1 Å². The number of allylic oxidation sites excluding steroid dienone is 1. The first kappa shape index (κ1) is 30.1. The van der Waals surface area contributed by atoms with Crippen LogP contribution >= 0.6 is 0 Å². The summed E-state index contributed by atoms with van der Waals surface area (Å²) in [5.74, 6) is -1.10. The highest BCUT2D eigenvalue weighted by atomic mass is 19.1. The highest BCUT2D eigenvalue weighted by Crippen LogP contribution is 2.23. The first-order chi connectivity index (χ1) is 17.8. The number of rotatable bonds is 13. The number of ether oxygens (including phenoxy) is 2. The van der Waals surface area contributed by atoms with Gasteiger partial charge in [-0.25, -0.2) is 4.39 Å². The van der Waals surface area contributed by atoms with Gasteiger partial charge < -0.3 is 31.6 Å². The van der Waals surface area contributed by atoms with Crippen molar-refractivity contribution in [3.05, 3.63) is 11.6 Å². The Morgan fingerprint density at radius 3 is 2.76 bits per heavy atom. The first-order valence-electron chi connectivity index (χ1n) is 14.2. The molecule has 3 aliphatic rings. The van der Waals surface area contributed by atoms with Gasteiger partial charge in [0.1, 0.15) is 6.17 Å². The minimum atomic E-state index is -1.18. The number of alkyl halides is 1. The van der Waals surface area contributed by atoms with Crippen molar-refractivity contribution >= 4 is 12.1 Å². The quantitative estimate of drug-likeness (QED) is 0.163.